The van der Waals surface area contributed by atoms with Crippen molar-refractivity contribution < 1.29 is 23.8 Å². The third-order valence-corrected chi connectivity index (χ3v) is 5.32. The molecule has 0 aliphatic carbocycles. The van der Waals surface area contributed by atoms with Crippen molar-refractivity contribution >= 4 is 20.2 Å². The number of rotatable bonds is 8. The smallest absolute Gasteiger partial charge is 0.354 e. The van der Waals surface area contributed by atoms with Crippen LogP contribution < -0.4 is 15.7 Å². The number of para-hydroxylation sites is 1. The number of carbonyl (C=O) groups is 1. The molecule has 1 aromatic carbocycles. The number of aliphatic hydroxyl groups is 1. The number of benzene rings is 1. The molecule has 0 unspecified atom stereocenters. The van der Waals surface area contributed by atoms with Crippen LogP contribution >= 0.6 is 0 Å². The number of aromatic nitrogens is 3. The van der Waals surface area contributed by atoms with E-state index in [1.165, 1.54) is 10.9 Å². The third-order valence-electron chi connectivity index (χ3n) is 4.29. The first-order valence-corrected chi connectivity index (χ1v) is 13.0. The Morgan fingerprint density at radius 1 is 1.33 bits per heavy atom. The molecule has 0 saturated carbocycles. The second-order valence-corrected chi connectivity index (χ2v) is 12.4. The number of carbonyl (C=O) groups excluding carboxylic acids is 1. The van der Waals surface area contributed by atoms with Crippen LogP contribution in [0.5, 0.6) is 5.75 Å². The van der Waals surface area contributed by atoms with Crippen LogP contribution in [0.4, 0.5) is 5.95 Å². The van der Waals surface area contributed by atoms with Crippen molar-refractivity contribution in [2.75, 3.05) is 18.5 Å². The lowest BCUT2D eigenvalue weighted by Crippen LogP contribution is -2.34. The Balaban J connectivity index is 1.56. The molecule has 3 rings (SSSR count). The van der Waals surface area contributed by atoms with Crippen molar-refractivity contribution in [1.82, 2.24) is 14.5 Å². The fourth-order valence-electron chi connectivity index (χ4n) is 2.80. The Kier molecular flexibility index (Phi) is 6.97. The van der Waals surface area contributed by atoms with Gasteiger partial charge in [-0.15, -0.1) is 0 Å². The highest BCUT2D eigenvalue weighted by Gasteiger charge is 2.36. The Hall–Kier alpha value is -2.60. The summed E-state index contributed by atoms with van der Waals surface area (Å²) in [5.74, 6) is -0.0734. The first kappa shape index (κ1) is 22.1. The second kappa shape index (κ2) is 9.47. The highest BCUT2D eigenvalue weighted by molar-refractivity contribution is 6.69. The monoisotopic (exact) mass is 434 g/mol. The molecular formula is C19H26N4O6Si. The maximum Gasteiger partial charge on any atom is 0.354 e. The number of amides is 1. The van der Waals surface area contributed by atoms with Gasteiger partial charge in [0, 0.05) is 6.42 Å². The minimum Gasteiger partial charge on any atom is -0.484 e. The van der Waals surface area contributed by atoms with E-state index in [1.807, 2.05) is 25.7 Å². The fraction of sp³-hybridized carbons (Fsp3) is 0.474. The van der Waals surface area contributed by atoms with E-state index in [2.05, 4.69) is 15.3 Å². The van der Waals surface area contributed by atoms with Crippen LogP contribution in [0.25, 0.3) is 0 Å². The van der Waals surface area contributed by atoms with E-state index in [1.54, 1.807) is 24.3 Å². The van der Waals surface area contributed by atoms with E-state index in [4.69, 9.17) is 13.9 Å². The summed E-state index contributed by atoms with van der Waals surface area (Å²) < 4.78 is 18.1. The van der Waals surface area contributed by atoms with Crippen LogP contribution in [0.2, 0.25) is 19.6 Å². The molecule has 2 N–H and O–H groups in total. The molecule has 1 aromatic heterocycles. The SMILES string of the molecule is C[Si](C)(C)OC[C@H]1O[C@@H](n2cnc(NC(=O)COc3ccccc3)nc2=O)C[C@@H]1O. The van der Waals surface area contributed by atoms with Gasteiger partial charge in [-0.3, -0.25) is 14.7 Å². The molecule has 2 aromatic rings. The van der Waals surface area contributed by atoms with Crippen LogP contribution in [0, 0.1) is 0 Å². The molecule has 0 bridgehead atoms. The lowest BCUT2D eigenvalue weighted by atomic mass is 10.2. The van der Waals surface area contributed by atoms with E-state index in [-0.39, 0.29) is 25.6 Å². The van der Waals surface area contributed by atoms with E-state index in [9.17, 15) is 14.7 Å². The number of hydrogen-bond acceptors (Lipinski definition) is 8. The minimum atomic E-state index is -1.75. The number of anilines is 1. The molecule has 0 spiro atoms. The maximum absolute atomic E-state index is 12.4. The van der Waals surface area contributed by atoms with Crippen LogP contribution in [-0.4, -0.2) is 59.3 Å². The van der Waals surface area contributed by atoms with Crippen molar-refractivity contribution in [1.29, 1.82) is 0 Å². The molecule has 10 nitrogen and oxygen atoms in total. The van der Waals surface area contributed by atoms with Gasteiger partial charge in [-0.05, 0) is 31.8 Å². The lowest BCUT2D eigenvalue weighted by Gasteiger charge is -2.22. The lowest BCUT2D eigenvalue weighted by molar-refractivity contribution is -0.118. The van der Waals surface area contributed by atoms with Gasteiger partial charge in [-0.25, -0.2) is 9.78 Å². The zero-order chi connectivity index (χ0) is 21.7. The highest BCUT2D eigenvalue weighted by atomic mass is 28.4. The van der Waals surface area contributed by atoms with Crippen LogP contribution in [0.3, 0.4) is 0 Å². The topological polar surface area (TPSA) is 125 Å². The Morgan fingerprint density at radius 3 is 2.73 bits per heavy atom. The molecule has 1 fully saturated rings. The van der Waals surface area contributed by atoms with Gasteiger partial charge in [0.15, 0.2) is 14.9 Å². The second-order valence-electron chi connectivity index (χ2n) is 7.88. The molecule has 2 heterocycles. The number of nitrogens with one attached hydrogen (secondary N) is 1. The first-order chi connectivity index (χ1) is 14.2. The Bertz CT molecular complexity index is 917. The van der Waals surface area contributed by atoms with Crippen molar-refractivity contribution in [2.24, 2.45) is 0 Å². The van der Waals surface area contributed by atoms with Crippen LogP contribution in [0.1, 0.15) is 12.6 Å². The normalized spacial score (nSPS) is 21.4. The summed E-state index contributed by atoms with van der Waals surface area (Å²) in [5, 5.41) is 12.6. The van der Waals surface area contributed by atoms with E-state index < -0.39 is 38.4 Å². The average Bonchev–Trinajstić information content (AvgIpc) is 3.05. The average molecular weight is 435 g/mol. The zero-order valence-corrected chi connectivity index (χ0v) is 18.1. The molecule has 162 valence electrons. The largest absolute Gasteiger partial charge is 0.484 e. The van der Waals surface area contributed by atoms with Crippen molar-refractivity contribution in [2.45, 2.75) is 44.5 Å². The van der Waals surface area contributed by atoms with Gasteiger partial charge < -0.3 is 19.0 Å². The highest BCUT2D eigenvalue weighted by Crippen LogP contribution is 2.28. The van der Waals surface area contributed by atoms with Crippen molar-refractivity contribution in [3.63, 3.8) is 0 Å². The number of nitrogens with zero attached hydrogens (tertiary/aromatic N) is 3. The van der Waals surface area contributed by atoms with Gasteiger partial charge in [-0.1, -0.05) is 18.2 Å². The summed E-state index contributed by atoms with van der Waals surface area (Å²) in [6.45, 7) is 6.15. The van der Waals surface area contributed by atoms with E-state index in [0.29, 0.717) is 5.75 Å². The fourth-order valence-corrected chi connectivity index (χ4v) is 3.46. The molecule has 1 aliphatic heterocycles. The Labute approximate surface area is 175 Å². The van der Waals surface area contributed by atoms with Crippen LogP contribution in [0.15, 0.2) is 41.5 Å². The Morgan fingerprint density at radius 2 is 2.07 bits per heavy atom. The summed E-state index contributed by atoms with van der Waals surface area (Å²) in [6, 6.07) is 8.87. The predicted molar refractivity (Wildman–Crippen MR) is 111 cm³/mol. The van der Waals surface area contributed by atoms with Gasteiger partial charge >= 0.3 is 5.69 Å². The van der Waals surface area contributed by atoms with Gasteiger partial charge in [-0.2, -0.15) is 4.98 Å². The molecule has 11 heteroatoms. The minimum absolute atomic E-state index is 0.130. The van der Waals surface area contributed by atoms with E-state index >= 15 is 0 Å². The number of ether oxygens (including phenoxy) is 2. The van der Waals surface area contributed by atoms with Gasteiger partial charge in [0.2, 0.25) is 5.95 Å². The molecule has 3 atom stereocenters. The predicted octanol–water partition coefficient (Wildman–Crippen LogP) is 1.16. The van der Waals surface area contributed by atoms with Crippen molar-refractivity contribution in [3.8, 4) is 5.75 Å². The standard InChI is InChI=1S/C19H26N4O6Si/c1-30(2,3)28-10-15-14(24)9-17(29-15)23-12-20-18(22-19(23)26)21-16(25)11-27-13-7-5-4-6-8-13/h4-8,12,14-15,17,24H,9-11H2,1-3H3,(H,21,22,25,26)/t14-,15+,17+/m0/s1. The molecule has 1 amide bonds. The number of aliphatic hydroxyl groups excluding tert-OH is 1. The zero-order valence-electron chi connectivity index (χ0n) is 17.1. The molecule has 0 radical (unpaired) electrons. The van der Waals surface area contributed by atoms with Gasteiger partial charge in [0.1, 0.15) is 24.4 Å². The molecule has 1 aliphatic rings. The molecular weight excluding hydrogens is 408 g/mol. The maximum atomic E-state index is 12.4. The number of hydrogen-bond donors (Lipinski definition) is 2. The molecule has 30 heavy (non-hydrogen) atoms. The van der Waals surface area contributed by atoms with Crippen LogP contribution in [-0.2, 0) is 14.0 Å². The summed E-state index contributed by atoms with van der Waals surface area (Å²) >= 11 is 0. The summed E-state index contributed by atoms with van der Waals surface area (Å²) in [6.07, 6.45) is -0.522. The van der Waals surface area contributed by atoms with Gasteiger partial charge in [0.05, 0.1) is 12.7 Å². The summed E-state index contributed by atoms with van der Waals surface area (Å²) in [7, 11) is -1.75. The summed E-state index contributed by atoms with van der Waals surface area (Å²) in [4.78, 5) is 32.1. The quantitative estimate of drug-likeness (QED) is 0.593. The first-order valence-electron chi connectivity index (χ1n) is 9.61. The van der Waals surface area contributed by atoms with Crippen molar-refractivity contribution in [3.05, 3.63) is 47.1 Å². The van der Waals surface area contributed by atoms with E-state index in [0.717, 1.165) is 0 Å². The third kappa shape index (κ3) is 6.20. The van der Waals surface area contributed by atoms with Gasteiger partial charge in [0.25, 0.3) is 5.91 Å². The molecule has 1 saturated heterocycles. The summed E-state index contributed by atoms with van der Waals surface area (Å²) in [5.41, 5.74) is -0.645.